The van der Waals surface area contributed by atoms with Crippen LogP contribution in [0.15, 0.2) is 18.6 Å². The van der Waals surface area contributed by atoms with Gasteiger partial charge in [-0.2, -0.15) is 0 Å². The van der Waals surface area contributed by atoms with Crippen LogP contribution in [0.1, 0.15) is 5.69 Å². The minimum atomic E-state index is -0.406. The second-order valence-corrected chi connectivity index (χ2v) is 3.29. The molecule has 2 atom stereocenters. The Morgan fingerprint density at radius 2 is 2.50 bits per heavy atom. The van der Waals surface area contributed by atoms with Gasteiger partial charge in [-0.1, -0.05) is 0 Å². The maximum absolute atomic E-state index is 9.45. The van der Waals surface area contributed by atoms with Crippen LogP contribution in [0.25, 0.3) is 0 Å². The van der Waals surface area contributed by atoms with E-state index in [-0.39, 0.29) is 6.04 Å². The van der Waals surface area contributed by atoms with Crippen molar-refractivity contribution in [2.75, 3.05) is 13.2 Å². The predicted octanol–water partition coefficient (Wildman–Crippen LogP) is -0.674. The van der Waals surface area contributed by atoms with Crippen molar-refractivity contribution < 1.29 is 9.84 Å². The Kier molecular flexibility index (Phi) is 3.03. The van der Waals surface area contributed by atoms with Crippen LogP contribution in [-0.2, 0) is 11.3 Å². The number of aromatic nitrogens is 2. The van der Waals surface area contributed by atoms with Crippen molar-refractivity contribution in [1.82, 2.24) is 15.3 Å². The monoisotopic (exact) mass is 195 g/mol. The summed E-state index contributed by atoms with van der Waals surface area (Å²) in [7, 11) is 0. The largest absolute Gasteiger partial charge is 0.389 e. The lowest BCUT2D eigenvalue weighted by molar-refractivity contribution is 0.122. The van der Waals surface area contributed by atoms with Crippen molar-refractivity contribution in [3.63, 3.8) is 0 Å². The zero-order chi connectivity index (χ0) is 9.80. The van der Waals surface area contributed by atoms with E-state index in [0.717, 1.165) is 5.69 Å². The van der Waals surface area contributed by atoms with Crippen LogP contribution < -0.4 is 5.32 Å². The maximum Gasteiger partial charge on any atom is 0.115 e. The Morgan fingerprint density at radius 3 is 3.14 bits per heavy atom. The van der Waals surface area contributed by atoms with Crippen molar-refractivity contribution in [2.45, 2.75) is 18.7 Å². The standard InChI is InChI=1S/C9H13N3O2/c13-9-5-14-4-8(9)11-3-7-1-2-10-6-12-7/h1-2,6,8-9,11,13H,3-5H2. The Balaban J connectivity index is 1.82. The molecule has 14 heavy (non-hydrogen) atoms. The first-order valence-electron chi connectivity index (χ1n) is 4.60. The number of hydrogen-bond donors (Lipinski definition) is 2. The third kappa shape index (κ3) is 2.25. The Bertz CT molecular complexity index is 281. The van der Waals surface area contributed by atoms with E-state index in [2.05, 4.69) is 15.3 Å². The van der Waals surface area contributed by atoms with Crippen molar-refractivity contribution in [2.24, 2.45) is 0 Å². The summed E-state index contributed by atoms with van der Waals surface area (Å²) in [4.78, 5) is 7.90. The highest BCUT2D eigenvalue weighted by Crippen LogP contribution is 2.05. The highest BCUT2D eigenvalue weighted by atomic mass is 16.5. The van der Waals surface area contributed by atoms with E-state index in [4.69, 9.17) is 4.74 Å². The van der Waals surface area contributed by atoms with Gasteiger partial charge in [0.15, 0.2) is 0 Å². The number of aliphatic hydroxyl groups excluding tert-OH is 1. The first kappa shape index (κ1) is 9.51. The minimum absolute atomic E-state index is 0.0185. The molecule has 1 fully saturated rings. The van der Waals surface area contributed by atoms with Gasteiger partial charge in [0.05, 0.1) is 31.1 Å². The first-order valence-corrected chi connectivity index (χ1v) is 4.60. The Labute approximate surface area is 82.1 Å². The summed E-state index contributed by atoms with van der Waals surface area (Å²) in [6.45, 7) is 1.61. The summed E-state index contributed by atoms with van der Waals surface area (Å²) >= 11 is 0. The van der Waals surface area contributed by atoms with Crippen LogP contribution in [0.5, 0.6) is 0 Å². The molecule has 1 aromatic rings. The molecule has 1 aromatic heterocycles. The molecule has 2 heterocycles. The molecule has 0 amide bonds. The van der Waals surface area contributed by atoms with Crippen molar-refractivity contribution >= 4 is 0 Å². The quantitative estimate of drug-likeness (QED) is 0.669. The summed E-state index contributed by atoms with van der Waals surface area (Å²) in [5.41, 5.74) is 0.916. The zero-order valence-corrected chi connectivity index (χ0v) is 7.76. The Hall–Kier alpha value is -1.04. The number of rotatable bonds is 3. The van der Waals surface area contributed by atoms with E-state index in [1.165, 1.54) is 6.33 Å². The molecular weight excluding hydrogens is 182 g/mol. The lowest BCUT2D eigenvalue weighted by Crippen LogP contribution is -2.38. The topological polar surface area (TPSA) is 67.3 Å². The number of ether oxygens (including phenoxy) is 1. The molecule has 1 aliphatic rings. The van der Waals surface area contributed by atoms with E-state index in [1.807, 2.05) is 6.07 Å². The van der Waals surface area contributed by atoms with Gasteiger partial charge in [0.25, 0.3) is 0 Å². The third-order valence-electron chi connectivity index (χ3n) is 2.24. The molecule has 0 saturated carbocycles. The molecule has 1 aliphatic heterocycles. The van der Waals surface area contributed by atoms with Crippen molar-refractivity contribution in [1.29, 1.82) is 0 Å². The van der Waals surface area contributed by atoms with E-state index in [1.54, 1.807) is 6.20 Å². The van der Waals surface area contributed by atoms with Crippen LogP contribution in [0, 0.1) is 0 Å². The van der Waals surface area contributed by atoms with Crippen LogP contribution in [0.3, 0.4) is 0 Å². The molecule has 2 N–H and O–H groups in total. The van der Waals surface area contributed by atoms with Gasteiger partial charge in [-0.05, 0) is 6.07 Å². The van der Waals surface area contributed by atoms with E-state index >= 15 is 0 Å². The fourth-order valence-electron chi connectivity index (χ4n) is 1.40. The van der Waals surface area contributed by atoms with Crippen molar-refractivity contribution in [3.8, 4) is 0 Å². The summed E-state index contributed by atoms with van der Waals surface area (Å²) in [6, 6.07) is 1.86. The van der Waals surface area contributed by atoms with Crippen molar-refractivity contribution in [3.05, 3.63) is 24.3 Å². The summed E-state index contributed by atoms with van der Waals surface area (Å²) in [5, 5.41) is 12.6. The SMILES string of the molecule is OC1COCC1NCc1ccncn1. The summed E-state index contributed by atoms with van der Waals surface area (Å²) in [6.07, 6.45) is 2.81. The number of hydrogen-bond acceptors (Lipinski definition) is 5. The van der Waals surface area contributed by atoms with Gasteiger partial charge in [0.1, 0.15) is 6.33 Å². The highest BCUT2D eigenvalue weighted by Gasteiger charge is 2.25. The second-order valence-electron chi connectivity index (χ2n) is 3.29. The molecule has 0 spiro atoms. The van der Waals surface area contributed by atoms with Gasteiger partial charge in [0, 0.05) is 12.7 Å². The first-order chi connectivity index (χ1) is 6.86. The molecule has 5 heteroatoms. The second kappa shape index (κ2) is 4.45. The molecular formula is C9H13N3O2. The van der Waals surface area contributed by atoms with E-state index in [0.29, 0.717) is 19.8 Å². The van der Waals surface area contributed by atoms with Crippen LogP contribution >= 0.6 is 0 Å². The van der Waals surface area contributed by atoms with Gasteiger partial charge in [-0.15, -0.1) is 0 Å². The average Bonchev–Trinajstić information content (AvgIpc) is 2.63. The average molecular weight is 195 g/mol. The Morgan fingerprint density at radius 1 is 1.57 bits per heavy atom. The summed E-state index contributed by atoms with van der Waals surface area (Å²) in [5.74, 6) is 0. The molecule has 0 bridgehead atoms. The smallest absolute Gasteiger partial charge is 0.115 e. The third-order valence-corrected chi connectivity index (χ3v) is 2.24. The predicted molar refractivity (Wildman–Crippen MR) is 49.5 cm³/mol. The molecule has 0 aliphatic carbocycles. The van der Waals surface area contributed by atoms with Crippen LogP contribution in [-0.4, -0.2) is 40.4 Å². The van der Waals surface area contributed by atoms with Gasteiger partial charge in [-0.3, -0.25) is 0 Å². The molecule has 76 valence electrons. The molecule has 2 unspecified atom stereocenters. The van der Waals surface area contributed by atoms with E-state index in [9.17, 15) is 5.11 Å². The fraction of sp³-hybridized carbons (Fsp3) is 0.556. The van der Waals surface area contributed by atoms with Gasteiger partial charge in [-0.25, -0.2) is 9.97 Å². The fourth-order valence-corrected chi connectivity index (χ4v) is 1.40. The molecule has 2 rings (SSSR count). The molecule has 0 aromatic carbocycles. The van der Waals surface area contributed by atoms with Crippen LogP contribution in [0.4, 0.5) is 0 Å². The number of nitrogens with zero attached hydrogens (tertiary/aromatic N) is 2. The lowest BCUT2D eigenvalue weighted by atomic mass is 10.2. The number of nitrogens with one attached hydrogen (secondary N) is 1. The zero-order valence-electron chi connectivity index (χ0n) is 7.76. The molecule has 0 radical (unpaired) electrons. The summed E-state index contributed by atoms with van der Waals surface area (Å²) < 4.78 is 5.11. The molecule has 5 nitrogen and oxygen atoms in total. The highest BCUT2D eigenvalue weighted by molar-refractivity contribution is 4.98. The van der Waals surface area contributed by atoms with Gasteiger partial charge >= 0.3 is 0 Å². The van der Waals surface area contributed by atoms with Crippen LogP contribution in [0.2, 0.25) is 0 Å². The van der Waals surface area contributed by atoms with E-state index < -0.39 is 6.10 Å². The minimum Gasteiger partial charge on any atom is -0.389 e. The van der Waals surface area contributed by atoms with Gasteiger partial charge in [0.2, 0.25) is 0 Å². The number of aliphatic hydroxyl groups is 1. The normalized spacial score (nSPS) is 26.6. The van der Waals surface area contributed by atoms with Gasteiger partial charge < -0.3 is 15.2 Å². The molecule has 1 saturated heterocycles. The lowest BCUT2D eigenvalue weighted by Gasteiger charge is -2.13. The maximum atomic E-state index is 9.45.